The van der Waals surface area contributed by atoms with Crippen molar-refractivity contribution in [2.45, 2.75) is 27.2 Å². The van der Waals surface area contributed by atoms with E-state index < -0.39 is 0 Å². The summed E-state index contributed by atoms with van der Waals surface area (Å²) in [5, 5.41) is 0. The van der Waals surface area contributed by atoms with Gasteiger partial charge in [0, 0.05) is 12.8 Å². The summed E-state index contributed by atoms with van der Waals surface area (Å²) in [6, 6.07) is 0. The first kappa shape index (κ1) is 10.3. The van der Waals surface area contributed by atoms with Crippen LogP contribution in [0.3, 0.4) is 0 Å². The molecule has 2 unspecified atom stereocenters. The Morgan fingerprint density at radius 1 is 1.54 bits per heavy atom. The Morgan fingerprint density at radius 2 is 2.15 bits per heavy atom. The summed E-state index contributed by atoms with van der Waals surface area (Å²) in [5.41, 5.74) is 0.323. The zero-order chi connectivity index (χ0) is 10.1. The molecule has 74 valence electrons. The maximum absolute atomic E-state index is 10.6. The minimum absolute atomic E-state index is 0.181. The molecule has 2 atom stereocenters. The lowest BCUT2D eigenvalue weighted by Gasteiger charge is -2.02. The first-order valence-electron chi connectivity index (χ1n) is 4.74. The van der Waals surface area contributed by atoms with Gasteiger partial charge in [0.1, 0.15) is 0 Å². The Morgan fingerprint density at radius 3 is 2.62 bits per heavy atom. The smallest absolute Gasteiger partial charge is 0.302 e. The van der Waals surface area contributed by atoms with Crippen molar-refractivity contribution in [2.75, 3.05) is 6.61 Å². The van der Waals surface area contributed by atoms with Crippen LogP contribution in [0.4, 0.5) is 0 Å². The third kappa shape index (κ3) is 2.11. The Kier molecular flexibility index (Phi) is 2.79. The molecule has 0 aliphatic heterocycles. The summed E-state index contributed by atoms with van der Waals surface area (Å²) in [5.74, 6) is 0.985. The quantitative estimate of drug-likeness (QED) is 0.493. The normalized spacial score (nSPS) is 29.5. The van der Waals surface area contributed by atoms with Gasteiger partial charge in [0.05, 0.1) is 6.61 Å². The van der Waals surface area contributed by atoms with Gasteiger partial charge in [-0.3, -0.25) is 4.79 Å². The number of allylic oxidation sites excluding steroid dienone is 1. The summed E-state index contributed by atoms with van der Waals surface area (Å²) in [6.45, 7) is 10.2. The Labute approximate surface area is 80.0 Å². The van der Waals surface area contributed by atoms with Crippen molar-refractivity contribution in [3.8, 4) is 0 Å². The van der Waals surface area contributed by atoms with E-state index >= 15 is 0 Å². The molecule has 1 fully saturated rings. The fraction of sp³-hybridized carbons (Fsp3) is 0.727. The van der Waals surface area contributed by atoms with Gasteiger partial charge in [-0.25, -0.2) is 0 Å². The van der Waals surface area contributed by atoms with E-state index in [-0.39, 0.29) is 5.97 Å². The highest BCUT2D eigenvalue weighted by Crippen LogP contribution is 2.60. The zero-order valence-corrected chi connectivity index (χ0v) is 8.67. The third-order valence-electron chi connectivity index (χ3n) is 3.17. The van der Waals surface area contributed by atoms with Gasteiger partial charge >= 0.3 is 5.97 Å². The van der Waals surface area contributed by atoms with Crippen LogP contribution in [0.1, 0.15) is 27.2 Å². The SMILES string of the molecule is C=CCC1C(COC(C)=O)C1(C)C. The molecular formula is C11H18O2. The van der Waals surface area contributed by atoms with E-state index in [0.717, 1.165) is 6.42 Å². The van der Waals surface area contributed by atoms with Crippen LogP contribution in [0, 0.1) is 17.3 Å². The van der Waals surface area contributed by atoms with Gasteiger partial charge in [0.15, 0.2) is 0 Å². The number of hydrogen-bond acceptors (Lipinski definition) is 2. The summed E-state index contributed by atoms with van der Waals surface area (Å²) < 4.78 is 5.00. The van der Waals surface area contributed by atoms with Crippen molar-refractivity contribution < 1.29 is 9.53 Å². The number of carbonyl (C=O) groups is 1. The largest absolute Gasteiger partial charge is 0.466 e. The lowest BCUT2D eigenvalue weighted by Crippen LogP contribution is -2.05. The van der Waals surface area contributed by atoms with E-state index in [1.807, 2.05) is 6.08 Å². The molecule has 0 radical (unpaired) electrons. The zero-order valence-electron chi connectivity index (χ0n) is 8.67. The van der Waals surface area contributed by atoms with Crippen LogP contribution in [0.15, 0.2) is 12.7 Å². The molecule has 2 heteroatoms. The van der Waals surface area contributed by atoms with Crippen molar-refractivity contribution in [1.29, 1.82) is 0 Å². The fourth-order valence-electron chi connectivity index (χ4n) is 2.04. The van der Waals surface area contributed by atoms with Gasteiger partial charge in [0.25, 0.3) is 0 Å². The maximum atomic E-state index is 10.6. The van der Waals surface area contributed by atoms with Crippen LogP contribution >= 0.6 is 0 Å². The second-order valence-electron chi connectivity index (χ2n) is 4.36. The van der Waals surface area contributed by atoms with E-state index in [1.54, 1.807) is 0 Å². The molecule has 0 saturated heterocycles. The van der Waals surface area contributed by atoms with Crippen LogP contribution in [0.5, 0.6) is 0 Å². The van der Waals surface area contributed by atoms with Crippen LogP contribution in [-0.2, 0) is 9.53 Å². The predicted molar refractivity (Wildman–Crippen MR) is 52.2 cm³/mol. The highest BCUT2D eigenvalue weighted by molar-refractivity contribution is 5.65. The van der Waals surface area contributed by atoms with Gasteiger partial charge in [-0.1, -0.05) is 19.9 Å². The Balaban J connectivity index is 2.36. The lowest BCUT2D eigenvalue weighted by atomic mass is 10.1. The molecule has 0 spiro atoms. The van der Waals surface area contributed by atoms with E-state index in [0.29, 0.717) is 23.9 Å². The number of hydrogen-bond donors (Lipinski definition) is 0. The fourth-order valence-corrected chi connectivity index (χ4v) is 2.04. The second kappa shape index (κ2) is 3.52. The predicted octanol–water partition coefficient (Wildman–Crippen LogP) is 2.40. The first-order valence-corrected chi connectivity index (χ1v) is 4.74. The van der Waals surface area contributed by atoms with E-state index in [1.165, 1.54) is 6.92 Å². The van der Waals surface area contributed by atoms with Crippen molar-refractivity contribution >= 4 is 5.97 Å². The molecule has 0 aromatic heterocycles. The number of ether oxygens (including phenoxy) is 1. The molecule has 1 aliphatic rings. The lowest BCUT2D eigenvalue weighted by molar-refractivity contribution is -0.141. The average Bonchev–Trinajstić information content (AvgIpc) is 2.51. The summed E-state index contributed by atoms with van der Waals surface area (Å²) >= 11 is 0. The topological polar surface area (TPSA) is 26.3 Å². The second-order valence-corrected chi connectivity index (χ2v) is 4.36. The number of carbonyl (C=O) groups excluding carboxylic acids is 1. The summed E-state index contributed by atoms with van der Waals surface area (Å²) in [7, 11) is 0. The van der Waals surface area contributed by atoms with Crippen molar-refractivity contribution in [3.05, 3.63) is 12.7 Å². The van der Waals surface area contributed by atoms with Gasteiger partial charge in [-0.2, -0.15) is 0 Å². The van der Waals surface area contributed by atoms with Gasteiger partial charge in [-0.15, -0.1) is 6.58 Å². The van der Waals surface area contributed by atoms with Gasteiger partial charge in [-0.05, 0) is 17.8 Å². The minimum Gasteiger partial charge on any atom is -0.466 e. The maximum Gasteiger partial charge on any atom is 0.302 e. The number of rotatable bonds is 4. The van der Waals surface area contributed by atoms with Crippen LogP contribution in [0.25, 0.3) is 0 Å². The molecule has 1 saturated carbocycles. The molecule has 0 aromatic carbocycles. The Bertz CT molecular complexity index is 218. The molecule has 2 nitrogen and oxygen atoms in total. The molecular weight excluding hydrogens is 164 g/mol. The first-order chi connectivity index (χ1) is 6.00. The van der Waals surface area contributed by atoms with E-state index in [2.05, 4.69) is 20.4 Å². The van der Waals surface area contributed by atoms with Gasteiger partial charge < -0.3 is 4.74 Å². The van der Waals surface area contributed by atoms with E-state index in [4.69, 9.17) is 4.74 Å². The Hall–Kier alpha value is -0.790. The molecule has 1 rings (SSSR count). The molecule has 0 aromatic rings. The highest BCUT2D eigenvalue weighted by atomic mass is 16.5. The minimum atomic E-state index is -0.181. The van der Waals surface area contributed by atoms with Crippen LogP contribution in [0.2, 0.25) is 0 Å². The average molecular weight is 182 g/mol. The van der Waals surface area contributed by atoms with Crippen LogP contribution < -0.4 is 0 Å². The summed E-state index contributed by atoms with van der Waals surface area (Å²) in [4.78, 5) is 10.6. The summed E-state index contributed by atoms with van der Waals surface area (Å²) in [6.07, 6.45) is 2.97. The molecule has 0 N–H and O–H groups in total. The standard InChI is InChI=1S/C11H18O2/c1-5-6-9-10(11(9,3)4)7-13-8(2)12/h5,9-10H,1,6-7H2,2-4H3. The molecule has 0 heterocycles. The third-order valence-corrected chi connectivity index (χ3v) is 3.17. The molecule has 13 heavy (non-hydrogen) atoms. The van der Waals surface area contributed by atoms with Crippen molar-refractivity contribution in [1.82, 2.24) is 0 Å². The van der Waals surface area contributed by atoms with E-state index in [9.17, 15) is 4.79 Å². The van der Waals surface area contributed by atoms with Gasteiger partial charge in [0.2, 0.25) is 0 Å². The molecule has 0 amide bonds. The monoisotopic (exact) mass is 182 g/mol. The number of esters is 1. The van der Waals surface area contributed by atoms with Crippen molar-refractivity contribution in [3.63, 3.8) is 0 Å². The van der Waals surface area contributed by atoms with Crippen molar-refractivity contribution in [2.24, 2.45) is 17.3 Å². The molecule has 1 aliphatic carbocycles. The molecule has 0 bridgehead atoms. The van der Waals surface area contributed by atoms with Crippen LogP contribution in [-0.4, -0.2) is 12.6 Å². The highest BCUT2D eigenvalue weighted by Gasteiger charge is 2.56.